The van der Waals surface area contributed by atoms with Gasteiger partial charge in [-0.05, 0) is 49.6 Å². The maximum atomic E-state index is 12.7. The van der Waals surface area contributed by atoms with Crippen LogP contribution in [0.2, 0.25) is 0 Å². The summed E-state index contributed by atoms with van der Waals surface area (Å²) in [5, 5.41) is 0. The van der Waals surface area contributed by atoms with Crippen LogP contribution >= 0.6 is 0 Å². The van der Waals surface area contributed by atoms with Gasteiger partial charge in [-0.3, -0.25) is 0 Å². The first-order valence-corrected chi connectivity index (χ1v) is 8.11. The molecular weight excluding hydrogens is 333 g/mol. The molecule has 0 bridgehead atoms. The van der Waals surface area contributed by atoms with E-state index >= 15 is 0 Å². The van der Waals surface area contributed by atoms with E-state index in [1.807, 2.05) is 13.0 Å². The Morgan fingerprint density at radius 2 is 1.84 bits per heavy atom. The number of hydrogen-bond donors (Lipinski definition) is 1. The lowest BCUT2D eigenvalue weighted by Crippen LogP contribution is -2.24. The first kappa shape index (κ1) is 17.5. The van der Waals surface area contributed by atoms with Gasteiger partial charge in [0.25, 0.3) is 0 Å². The van der Waals surface area contributed by atoms with Crippen LogP contribution in [0.5, 0.6) is 11.6 Å². The highest BCUT2D eigenvalue weighted by molar-refractivity contribution is 5.34. The number of benzene rings is 1. The van der Waals surface area contributed by atoms with Crippen LogP contribution in [-0.2, 0) is 6.18 Å². The molecule has 1 heterocycles. The molecule has 0 amide bonds. The minimum Gasteiger partial charge on any atom is -0.484 e. The Labute approximate surface area is 143 Å². The zero-order valence-corrected chi connectivity index (χ0v) is 13.7. The fourth-order valence-corrected chi connectivity index (χ4v) is 2.89. The van der Waals surface area contributed by atoms with Gasteiger partial charge in [0, 0.05) is 12.1 Å². The molecule has 3 rings (SSSR count). The molecule has 7 heteroatoms. The highest BCUT2D eigenvalue weighted by atomic mass is 19.4. The average molecular weight is 352 g/mol. The number of nitrogens with zero attached hydrogens (tertiary/aromatic N) is 1. The Kier molecular flexibility index (Phi) is 4.85. The van der Waals surface area contributed by atoms with E-state index in [4.69, 9.17) is 15.2 Å². The largest absolute Gasteiger partial charge is 0.484 e. The zero-order valence-electron chi connectivity index (χ0n) is 13.7. The molecule has 0 saturated carbocycles. The number of alkyl halides is 3. The van der Waals surface area contributed by atoms with E-state index in [0.717, 1.165) is 17.7 Å². The third-order valence-electron chi connectivity index (χ3n) is 4.13. The van der Waals surface area contributed by atoms with E-state index in [2.05, 4.69) is 4.98 Å². The molecule has 1 aliphatic carbocycles. The second-order valence-electron chi connectivity index (χ2n) is 5.87. The van der Waals surface area contributed by atoms with E-state index < -0.39 is 11.7 Å². The molecule has 134 valence electrons. The summed E-state index contributed by atoms with van der Waals surface area (Å²) >= 11 is 0. The van der Waals surface area contributed by atoms with Crippen molar-refractivity contribution >= 4 is 0 Å². The highest BCUT2D eigenvalue weighted by Crippen LogP contribution is 2.38. The zero-order chi connectivity index (χ0) is 18.0. The number of ether oxygens (including phenoxy) is 2. The van der Waals surface area contributed by atoms with E-state index in [0.29, 0.717) is 36.8 Å². The fraction of sp³-hybridized carbons (Fsp3) is 0.389. The Balaban J connectivity index is 1.84. The van der Waals surface area contributed by atoms with Crippen LogP contribution in [0, 0.1) is 0 Å². The van der Waals surface area contributed by atoms with Gasteiger partial charge in [-0.2, -0.15) is 13.2 Å². The van der Waals surface area contributed by atoms with Gasteiger partial charge in [0.2, 0.25) is 5.88 Å². The first-order valence-electron chi connectivity index (χ1n) is 8.11. The molecular formula is C18H19F3N2O2. The summed E-state index contributed by atoms with van der Waals surface area (Å²) in [7, 11) is 0. The second-order valence-corrected chi connectivity index (χ2v) is 5.87. The molecule has 2 unspecified atom stereocenters. The average Bonchev–Trinajstić information content (AvgIpc) is 2.57. The van der Waals surface area contributed by atoms with E-state index in [9.17, 15) is 13.2 Å². The summed E-state index contributed by atoms with van der Waals surface area (Å²) in [5.74, 6) is 0.847. The van der Waals surface area contributed by atoms with E-state index in [1.165, 1.54) is 12.1 Å². The van der Waals surface area contributed by atoms with Gasteiger partial charge >= 0.3 is 6.18 Å². The van der Waals surface area contributed by atoms with Crippen LogP contribution in [0.15, 0.2) is 36.4 Å². The lowest BCUT2D eigenvalue weighted by Gasteiger charge is -2.29. The molecule has 0 spiro atoms. The number of halogens is 3. The van der Waals surface area contributed by atoms with Gasteiger partial charge in [0.05, 0.1) is 17.9 Å². The summed E-state index contributed by atoms with van der Waals surface area (Å²) in [6, 6.07) is 8.17. The molecule has 0 aliphatic heterocycles. The van der Waals surface area contributed by atoms with Crippen LogP contribution in [0.4, 0.5) is 13.2 Å². The van der Waals surface area contributed by atoms with Gasteiger partial charge < -0.3 is 15.2 Å². The SMILES string of the molecule is CCOc1ccc2c(n1)C(Oc1ccc(C(F)(F)F)cc1)CCC2N. The Bertz CT molecular complexity index is 732. The summed E-state index contributed by atoms with van der Waals surface area (Å²) in [5.41, 5.74) is 6.99. The standard InChI is InChI=1S/C18H19F3N2O2/c1-2-24-16-10-7-13-14(22)8-9-15(17(13)23-16)25-12-5-3-11(4-6-12)18(19,20)21/h3-7,10,14-15H,2,8-9,22H2,1H3. The molecule has 0 fully saturated rings. The number of pyridine rings is 1. The molecule has 25 heavy (non-hydrogen) atoms. The monoisotopic (exact) mass is 352 g/mol. The van der Waals surface area contributed by atoms with Crippen LogP contribution in [0.25, 0.3) is 0 Å². The van der Waals surface area contributed by atoms with Gasteiger partial charge in [0.1, 0.15) is 11.9 Å². The van der Waals surface area contributed by atoms with Crippen LogP contribution in [0.1, 0.15) is 48.7 Å². The number of nitrogens with two attached hydrogens (primary N) is 1. The predicted octanol–water partition coefficient (Wildman–Crippen LogP) is 4.41. The Morgan fingerprint density at radius 3 is 2.48 bits per heavy atom. The normalized spacial score (nSPS) is 20.0. The molecule has 0 saturated heterocycles. The third-order valence-corrected chi connectivity index (χ3v) is 4.13. The third kappa shape index (κ3) is 3.87. The minimum atomic E-state index is -4.36. The molecule has 1 aromatic carbocycles. The second kappa shape index (κ2) is 6.92. The van der Waals surface area contributed by atoms with Crippen LogP contribution in [-0.4, -0.2) is 11.6 Å². The molecule has 2 aromatic rings. The van der Waals surface area contributed by atoms with Crippen molar-refractivity contribution < 1.29 is 22.6 Å². The molecule has 1 aliphatic rings. The molecule has 1 aromatic heterocycles. The summed E-state index contributed by atoms with van der Waals surface area (Å²) < 4.78 is 49.3. The molecule has 2 N–H and O–H groups in total. The van der Waals surface area contributed by atoms with Crippen molar-refractivity contribution in [3.8, 4) is 11.6 Å². The van der Waals surface area contributed by atoms with E-state index in [1.54, 1.807) is 6.07 Å². The van der Waals surface area contributed by atoms with Crippen molar-refractivity contribution in [3.63, 3.8) is 0 Å². The van der Waals surface area contributed by atoms with Gasteiger partial charge in [0.15, 0.2) is 0 Å². The maximum absolute atomic E-state index is 12.7. The van der Waals surface area contributed by atoms with Crippen molar-refractivity contribution in [3.05, 3.63) is 53.2 Å². The fourth-order valence-electron chi connectivity index (χ4n) is 2.89. The van der Waals surface area contributed by atoms with Gasteiger partial charge in [-0.1, -0.05) is 6.07 Å². The van der Waals surface area contributed by atoms with Gasteiger partial charge in [-0.15, -0.1) is 0 Å². The number of rotatable bonds is 4. The molecule has 2 atom stereocenters. The van der Waals surface area contributed by atoms with Crippen LogP contribution < -0.4 is 15.2 Å². The minimum absolute atomic E-state index is 0.134. The highest BCUT2D eigenvalue weighted by Gasteiger charge is 2.31. The molecule has 4 nitrogen and oxygen atoms in total. The summed E-state index contributed by atoms with van der Waals surface area (Å²) in [6.45, 7) is 2.35. The number of hydrogen-bond acceptors (Lipinski definition) is 4. The number of aromatic nitrogens is 1. The van der Waals surface area contributed by atoms with Crippen molar-refractivity contribution in [2.45, 2.75) is 38.1 Å². The summed E-state index contributed by atoms with van der Waals surface area (Å²) in [6.07, 6.45) is -3.38. The number of fused-ring (bicyclic) bond motifs is 1. The first-order chi connectivity index (χ1) is 11.9. The van der Waals surface area contributed by atoms with Crippen molar-refractivity contribution in [1.29, 1.82) is 0 Å². The van der Waals surface area contributed by atoms with E-state index in [-0.39, 0.29) is 12.1 Å². The lowest BCUT2D eigenvalue weighted by atomic mass is 9.90. The summed E-state index contributed by atoms with van der Waals surface area (Å²) in [4.78, 5) is 4.48. The topological polar surface area (TPSA) is 57.4 Å². The predicted molar refractivity (Wildman–Crippen MR) is 86.4 cm³/mol. The Hall–Kier alpha value is -2.28. The smallest absolute Gasteiger partial charge is 0.416 e. The van der Waals surface area contributed by atoms with Gasteiger partial charge in [-0.25, -0.2) is 4.98 Å². The van der Waals surface area contributed by atoms with Crippen molar-refractivity contribution in [1.82, 2.24) is 4.98 Å². The van der Waals surface area contributed by atoms with Crippen LogP contribution in [0.3, 0.4) is 0 Å². The quantitative estimate of drug-likeness (QED) is 0.885. The van der Waals surface area contributed by atoms with Crippen molar-refractivity contribution in [2.24, 2.45) is 5.73 Å². The lowest BCUT2D eigenvalue weighted by molar-refractivity contribution is -0.137. The van der Waals surface area contributed by atoms with Crippen molar-refractivity contribution in [2.75, 3.05) is 6.61 Å². The molecule has 0 radical (unpaired) electrons. The Morgan fingerprint density at radius 1 is 1.12 bits per heavy atom. The maximum Gasteiger partial charge on any atom is 0.416 e.